The maximum absolute atomic E-state index is 11.5. The normalized spacial score (nSPS) is 22.0. The van der Waals surface area contributed by atoms with Crippen molar-refractivity contribution >= 4 is 11.9 Å². The van der Waals surface area contributed by atoms with Gasteiger partial charge in [0.15, 0.2) is 0 Å². The van der Waals surface area contributed by atoms with Gasteiger partial charge in [-0.15, -0.1) is 0 Å². The molecule has 5 nitrogen and oxygen atoms in total. The van der Waals surface area contributed by atoms with Gasteiger partial charge in [-0.2, -0.15) is 0 Å². The minimum Gasteiger partial charge on any atom is -0.480 e. The first kappa shape index (κ1) is 11.0. The zero-order chi connectivity index (χ0) is 10.8. The standard InChI is InChI=1S/C9H15NO4/c1-9(2,8(12)13)10-7(11)6-4-3-5-14-6/h6H,3-5H2,1-2H3,(H,10,11)(H,12,13)/t6-/m1/s1. The third-order valence-electron chi connectivity index (χ3n) is 2.19. The Morgan fingerprint density at radius 3 is 2.57 bits per heavy atom. The lowest BCUT2D eigenvalue weighted by Gasteiger charge is -2.22. The number of carboxylic acids is 1. The number of nitrogens with one attached hydrogen (secondary N) is 1. The van der Waals surface area contributed by atoms with E-state index in [9.17, 15) is 9.59 Å². The molecule has 0 radical (unpaired) electrons. The van der Waals surface area contributed by atoms with Crippen molar-refractivity contribution in [3.05, 3.63) is 0 Å². The van der Waals surface area contributed by atoms with Crippen LogP contribution in [0.25, 0.3) is 0 Å². The number of hydrogen-bond acceptors (Lipinski definition) is 3. The number of carboxylic acid groups (broad SMARTS) is 1. The smallest absolute Gasteiger partial charge is 0.328 e. The van der Waals surface area contributed by atoms with Gasteiger partial charge in [0, 0.05) is 6.61 Å². The second-order valence-corrected chi connectivity index (χ2v) is 3.92. The van der Waals surface area contributed by atoms with E-state index in [1.807, 2.05) is 0 Å². The molecule has 0 aliphatic carbocycles. The van der Waals surface area contributed by atoms with Gasteiger partial charge in [0.2, 0.25) is 5.91 Å². The van der Waals surface area contributed by atoms with Crippen molar-refractivity contribution in [2.45, 2.75) is 38.3 Å². The van der Waals surface area contributed by atoms with E-state index in [1.54, 1.807) is 0 Å². The molecule has 80 valence electrons. The molecule has 0 spiro atoms. The second kappa shape index (κ2) is 3.96. The Bertz CT molecular complexity index is 243. The van der Waals surface area contributed by atoms with Crippen molar-refractivity contribution in [2.24, 2.45) is 0 Å². The molecule has 1 heterocycles. The average molecular weight is 201 g/mol. The van der Waals surface area contributed by atoms with Crippen molar-refractivity contribution < 1.29 is 19.4 Å². The summed E-state index contributed by atoms with van der Waals surface area (Å²) in [5.74, 6) is -1.39. The summed E-state index contributed by atoms with van der Waals surface area (Å²) in [4.78, 5) is 22.2. The summed E-state index contributed by atoms with van der Waals surface area (Å²) in [6.07, 6.45) is 1.04. The lowest BCUT2D eigenvalue weighted by atomic mass is 10.1. The topological polar surface area (TPSA) is 75.6 Å². The average Bonchev–Trinajstić information content (AvgIpc) is 2.54. The molecule has 0 unspecified atom stereocenters. The molecule has 2 N–H and O–H groups in total. The Kier molecular flexibility index (Phi) is 3.10. The number of ether oxygens (including phenoxy) is 1. The zero-order valence-electron chi connectivity index (χ0n) is 8.37. The van der Waals surface area contributed by atoms with Crippen LogP contribution in [0.4, 0.5) is 0 Å². The fourth-order valence-electron chi connectivity index (χ4n) is 1.23. The van der Waals surface area contributed by atoms with Gasteiger partial charge in [0.1, 0.15) is 11.6 Å². The number of carbonyl (C=O) groups is 2. The highest BCUT2D eigenvalue weighted by Gasteiger charge is 2.33. The van der Waals surface area contributed by atoms with Gasteiger partial charge in [-0.1, -0.05) is 0 Å². The third kappa shape index (κ3) is 2.45. The minimum atomic E-state index is -1.23. The van der Waals surface area contributed by atoms with E-state index in [1.165, 1.54) is 13.8 Å². The van der Waals surface area contributed by atoms with E-state index in [-0.39, 0.29) is 5.91 Å². The fraction of sp³-hybridized carbons (Fsp3) is 0.778. The molecule has 1 aliphatic rings. The number of aliphatic carboxylic acids is 1. The Morgan fingerprint density at radius 1 is 1.50 bits per heavy atom. The number of carbonyl (C=O) groups excluding carboxylic acids is 1. The van der Waals surface area contributed by atoms with Crippen LogP contribution in [0.5, 0.6) is 0 Å². The summed E-state index contributed by atoms with van der Waals surface area (Å²) in [5, 5.41) is 11.2. The molecular weight excluding hydrogens is 186 g/mol. The van der Waals surface area contributed by atoms with Crippen LogP contribution in [0.1, 0.15) is 26.7 Å². The van der Waals surface area contributed by atoms with E-state index in [0.29, 0.717) is 13.0 Å². The van der Waals surface area contributed by atoms with Crippen molar-refractivity contribution in [1.82, 2.24) is 5.32 Å². The predicted molar refractivity (Wildman–Crippen MR) is 48.8 cm³/mol. The van der Waals surface area contributed by atoms with Gasteiger partial charge in [0.05, 0.1) is 0 Å². The molecule has 0 aromatic rings. The van der Waals surface area contributed by atoms with E-state index in [2.05, 4.69) is 5.32 Å². The van der Waals surface area contributed by atoms with Gasteiger partial charge < -0.3 is 15.2 Å². The van der Waals surface area contributed by atoms with Crippen LogP contribution in [0.3, 0.4) is 0 Å². The lowest BCUT2D eigenvalue weighted by molar-refractivity contribution is -0.147. The van der Waals surface area contributed by atoms with Crippen LogP contribution in [-0.4, -0.2) is 35.2 Å². The highest BCUT2D eigenvalue weighted by Crippen LogP contribution is 2.13. The molecule has 0 saturated carbocycles. The van der Waals surface area contributed by atoms with Crippen molar-refractivity contribution in [3.8, 4) is 0 Å². The molecule has 0 bridgehead atoms. The first-order valence-electron chi connectivity index (χ1n) is 4.60. The number of hydrogen-bond donors (Lipinski definition) is 2. The maximum Gasteiger partial charge on any atom is 0.328 e. The molecule has 1 amide bonds. The van der Waals surface area contributed by atoms with E-state index in [4.69, 9.17) is 9.84 Å². The summed E-state index contributed by atoms with van der Waals surface area (Å²) in [5.41, 5.74) is -1.23. The van der Waals surface area contributed by atoms with Gasteiger partial charge in [-0.25, -0.2) is 4.79 Å². The second-order valence-electron chi connectivity index (χ2n) is 3.92. The van der Waals surface area contributed by atoms with Crippen LogP contribution >= 0.6 is 0 Å². The Morgan fingerprint density at radius 2 is 2.14 bits per heavy atom. The highest BCUT2D eigenvalue weighted by atomic mass is 16.5. The van der Waals surface area contributed by atoms with Crippen molar-refractivity contribution in [1.29, 1.82) is 0 Å². The molecular formula is C9H15NO4. The van der Waals surface area contributed by atoms with Crippen molar-refractivity contribution in [3.63, 3.8) is 0 Å². The lowest BCUT2D eigenvalue weighted by Crippen LogP contribution is -2.52. The first-order valence-corrected chi connectivity index (χ1v) is 4.60. The predicted octanol–water partition coefficient (Wildman–Crippen LogP) is 0.145. The third-order valence-corrected chi connectivity index (χ3v) is 2.19. The Labute approximate surface area is 82.4 Å². The quantitative estimate of drug-likeness (QED) is 0.681. The molecule has 1 rings (SSSR count). The van der Waals surface area contributed by atoms with Crippen LogP contribution in [0.15, 0.2) is 0 Å². The molecule has 5 heteroatoms. The van der Waals surface area contributed by atoms with Gasteiger partial charge in [-0.3, -0.25) is 4.79 Å². The fourth-order valence-corrected chi connectivity index (χ4v) is 1.23. The van der Waals surface area contributed by atoms with Crippen LogP contribution in [-0.2, 0) is 14.3 Å². The summed E-state index contributed by atoms with van der Waals surface area (Å²) in [7, 11) is 0. The Hall–Kier alpha value is -1.10. The zero-order valence-corrected chi connectivity index (χ0v) is 8.37. The molecule has 14 heavy (non-hydrogen) atoms. The monoisotopic (exact) mass is 201 g/mol. The van der Waals surface area contributed by atoms with Crippen molar-refractivity contribution in [2.75, 3.05) is 6.61 Å². The van der Waals surface area contributed by atoms with Crippen LogP contribution < -0.4 is 5.32 Å². The minimum absolute atomic E-state index is 0.338. The Balaban J connectivity index is 2.51. The number of rotatable bonds is 3. The SMILES string of the molecule is CC(C)(NC(=O)[C@H]1CCCO1)C(=O)O. The van der Waals surface area contributed by atoms with Gasteiger partial charge in [0.25, 0.3) is 0 Å². The molecule has 0 aromatic carbocycles. The molecule has 1 atom stereocenters. The van der Waals surface area contributed by atoms with E-state index >= 15 is 0 Å². The molecule has 1 saturated heterocycles. The molecule has 1 aliphatic heterocycles. The highest BCUT2D eigenvalue weighted by molar-refractivity contribution is 5.88. The maximum atomic E-state index is 11.5. The van der Waals surface area contributed by atoms with E-state index in [0.717, 1.165) is 6.42 Å². The summed E-state index contributed by atoms with van der Waals surface area (Å²) in [6.45, 7) is 3.47. The largest absolute Gasteiger partial charge is 0.480 e. The summed E-state index contributed by atoms with van der Waals surface area (Å²) < 4.78 is 5.14. The van der Waals surface area contributed by atoms with E-state index < -0.39 is 17.6 Å². The number of amides is 1. The summed E-state index contributed by atoms with van der Waals surface area (Å²) >= 11 is 0. The molecule has 0 aromatic heterocycles. The first-order chi connectivity index (χ1) is 6.43. The van der Waals surface area contributed by atoms with Crippen LogP contribution in [0, 0.1) is 0 Å². The molecule has 1 fully saturated rings. The van der Waals surface area contributed by atoms with Gasteiger partial charge >= 0.3 is 5.97 Å². The van der Waals surface area contributed by atoms with Crippen LogP contribution in [0.2, 0.25) is 0 Å². The summed E-state index contributed by atoms with van der Waals surface area (Å²) in [6, 6.07) is 0. The van der Waals surface area contributed by atoms with Gasteiger partial charge in [-0.05, 0) is 26.7 Å².